The van der Waals surface area contributed by atoms with E-state index in [1.54, 1.807) is 0 Å². The van der Waals surface area contributed by atoms with Gasteiger partial charge < -0.3 is 4.57 Å². The number of hydrogen-bond acceptors (Lipinski definition) is 2. The first-order chi connectivity index (χ1) is 9.53. The van der Waals surface area contributed by atoms with E-state index < -0.39 is 12.7 Å². The molecule has 0 spiro atoms. The zero-order chi connectivity index (χ0) is 14.2. The minimum Gasteiger partial charge on any atom is -0.325 e. The van der Waals surface area contributed by atoms with E-state index in [2.05, 4.69) is 9.88 Å². The van der Waals surface area contributed by atoms with Gasteiger partial charge in [0.25, 0.3) is 0 Å². The molecule has 1 saturated heterocycles. The minimum absolute atomic E-state index is 0.537. The van der Waals surface area contributed by atoms with E-state index in [9.17, 15) is 13.2 Å². The van der Waals surface area contributed by atoms with Crippen LogP contribution in [0, 0.1) is 5.92 Å². The van der Waals surface area contributed by atoms with Crippen LogP contribution in [-0.4, -0.2) is 33.2 Å². The molecule has 6 heteroatoms. The molecule has 2 fully saturated rings. The largest absolute Gasteiger partial charge is 0.406 e. The molecule has 1 aliphatic heterocycles. The molecule has 3 nitrogen and oxygen atoms in total. The highest BCUT2D eigenvalue weighted by Crippen LogP contribution is 2.37. The quantitative estimate of drug-likeness (QED) is 0.851. The summed E-state index contributed by atoms with van der Waals surface area (Å²) in [6, 6.07) is 0.555. The Morgan fingerprint density at radius 1 is 1.20 bits per heavy atom. The van der Waals surface area contributed by atoms with Gasteiger partial charge in [0.1, 0.15) is 12.4 Å². The monoisotopic (exact) mass is 287 g/mol. The van der Waals surface area contributed by atoms with Crippen molar-refractivity contribution in [3.05, 3.63) is 18.2 Å². The van der Waals surface area contributed by atoms with E-state index in [4.69, 9.17) is 0 Å². The Morgan fingerprint density at radius 3 is 2.80 bits per heavy atom. The maximum absolute atomic E-state index is 12.5. The van der Waals surface area contributed by atoms with E-state index in [1.807, 2.05) is 0 Å². The van der Waals surface area contributed by atoms with Gasteiger partial charge in [0.2, 0.25) is 0 Å². The van der Waals surface area contributed by atoms with Crippen LogP contribution in [0.25, 0.3) is 0 Å². The lowest BCUT2D eigenvalue weighted by Crippen LogP contribution is -2.42. The first-order valence-electron chi connectivity index (χ1n) is 7.34. The molecular weight excluding hydrogens is 267 g/mol. The molecule has 1 aromatic rings. The lowest BCUT2D eigenvalue weighted by Gasteiger charge is -2.37. The molecule has 0 aromatic carbocycles. The van der Waals surface area contributed by atoms with Gasteiger partial charge in [-0.1, -0.05) is 6.42 Å². The van der Waals surface area contributed by atoms with Gasteiger partial charge in [0.05, 0.1) is 6.54 Å². The average Bonchev–Trinajstić information content (AvgIpc) is 2.97. The van der Waals surface area contributed by atoms with Crippen molar-refractivity contribution in [2.75, 3.05) is 6.54 Å². The van der Waals surface area contributed by atoms with Crippen molar-refractivity contribution in [3.8, 4) is 0 Å². The van der Waals surface area contributed by atoms with Crippen LogP contribution in [0.3, 0.4) is 0 Å². The van der Waals surface area contributed by atoms with Crippen molar-refractivity contribution in [2.45, 2.75) is 57.4 Å². The molecule has 3 rings (SSSR count). The van der Waals surface area contributed by atoms with Gasteiger partial charge in [-0.05, 0) is 38.1 Å². The molecule has 2 atom stereocenters. The highest BCUT2D eigenvalue weighted by Gasteiger charge is 2.36. The van der Waals surface area contributed by atoms with Crippen LogP contribution in [-0.2, 0) is 13.1 Å². The van der Waals surface area contributed by atoms with Gasteiger partial charge >= 0.3 is 6.18 Å². The normalized spacial score (nSPS) is 27.8. The number of piperidine rings is 1. The highest BCUT2D eigenvalue weighted by atomic mass is 19.4. The number of rotatable bonds is 3. The molecule has 0 bridgehead atoms. The molecule has 0 N–H and O–H groups in total. The zero-order valence-corrected chi connectivity index (χ0v) is 11.4. The number of imidazole rings is 1. The Kier molecular flexibility index (Phi) is 3.75. The third kappa shape index (κ3) is 3.00. The maximum atomic E-state index is 12.5. The summed E-state index contributed by atoms with van der Waals surface area (Å²) in [7, 11) is 0. The Labute approximate surface area is 116 Å². The van der Waals surface area contributed by atoms with E-state index >= 15 is 0 Å². The van der Waals surface area contributed by atoms with Gasteiger partial charge in [-0.25, -0.2) is 4.98 Å². The van der Waals surface area contributed by atoms with Crippen LogP contribution in [0.1, 0.15) is 37.9 Å². The third-order valence-electron chi connectivity index (χ3n) is 4.60. The summed E-state index contributed by atoms with van der Waals surface area (Å²) in [4.78, 5) is 6.47. The van der Waals surface area contributed by atoms with Gasteiger partial charge in [-0.2, -0.15) is 13.2 Å². The molecule has 20 heavy (non-hydrogen) atoms. The Bertz CT molecular complexity index is 455. The summed E-state index contributed by atoms with van der Waals surface area (Å²) in [5.41, 5.74) is 0. The molecule has 112 valence electrons. The number of alkyl halides is 3. The number of likely N-dealkylation sites (tertiary alicyclic amines) is 1. The second-order valence-corrected chi connectivity index (χ2v) is 5.96. The molecule has 2 heterocycles. The van der Waals surface area contributed by atoms with Crippen molar-refractivity contribution in [1.82, 2.24) is 14.5 Å². The van der Waals surface area contributed by atoms with E-state index in [1.165, 1.54) is 42.6 Å². The summed E-state index contributed by atoms with van der Waals surface area (Å²) < 4.78 is 38.8. The lowest BCUT2D eigenvalue weighted by atomic mass is 9.92. The summed E-state index contributed by atoms with van der Waals surface area (Å²) in [6.45, 7) is 0.592. The smallest absolute Gasteiger partial charge is 0.325 e. The Balaban J connectivity index is 1.70. The molecule has 1 aliphatic carbocycles. The molecule has 1 saturated carbocycles. The second kappa shape index (κ2) is 5.39. The lowest BCUT2D eigenvalue weighted by molar-refractivity contribution is -0.141. The Hall–Kier alpha value is -1.04. The number of aromatic nitrogens is 2. The predicted molar refractivity (Wildman–Crippen MR) is 69.1 cm³/mol. The number of hydrogen-bond donors (Lipinski definition) is 0. The zero-order valence-electron chi connectivity index (χ0n) is 11.4. The van der Waals surface area contributed by atoms with E-state index in [-0.39, 0.29) is 0 Å². The fourth-order valence-corrected chi connectivity index (χ4v) is 3.76. The van der Waals surface area contributed by atoms with E-state index in [0.717, 1.165) is 18.9 Å². The van der Waals surface area contributed by atoms with Gasteiger partial charge in [0, 0.05) is 18.4 Å². The van der Waals surface area contributed by atoms with Gasteiger partial charge in [-0.15, -0.1) is 0 Å². The fourth-order valence-electron chi connectivity index (χ4n) is 3.76. The van der Waals surface area contributed by atoms with E-state index in [0.29, 0.717) is 18.4 Å². The van der Waals surface area contributed by atoms with Crippen LogP contribution in [0.2, 0.25) is 0 Å². The third-order valence-corrected chi connectivity index (χ3v) is 4.60. The second-order valence-electron chi connectivity index (χ2n) is 5.96. The Morgan fingerprint density at radius 2 is 2.00 bits per heavy atom. The first-order valence-corrected chi connectivity index (χ1v) is 7.34. The van der Waals surface area contributed by atoms with Crippen LogP contribution in [0.15, 0.2) is 12.4 Å². The molecule has 1 aromatic heterocycles. The highest BCUT2D eigenvalue weighted by molar-refractivity contribution is 4.97. The molecule has 2 aliphatic rings. The summed E-state index contributed by atoms with van der Waals surface area (Å²) >= 11 is 0. The number of nitrogens with zero attached hydrogens (tertiary/aromatic N) is 3. The molecule has 0 amide bonds. The standard InChI is InChI=1S/C14H20F3N3/c15-14(16,17)10-20-8-6-18-13(20)9-19-7-2-4-11-3-1-5-12(11)19/h6,8,11-12H,1-5,7,9-10H2/t11-,12-/m1/s1. The maximum Gasteiger partial charge on any atom is 0.406 e. The first kappa shape index (κ1) is 13.9. The molecule has 0 unspecified atom stereocenters. The van der Waals surface area contributed by atoms with Crippen LogP contribution >= 0.6 is 0 Å². The topological polar surface area (TPSA) is 21.1 Å². The number of halogens is 3. The van der Waals surface area contributed by atoms with Crippen molar-refractivity contribution in [3.63, 3.8) is 0 Å². The summed E-state index contributed by atoms with van der Waals surface area (Å²) in [5, 5.41) is 0. The van der Waals surface area contributed by atoms with Crippen LogP contribution < -0.4 is 0 Å². The summed E-state index contributed by atoms with van der Waals surface area (Å²) in [5.74, 6) is 1.28. The molecule has 0 radical (unpaired) electrons. The van der Waals surface area contributed by atoms with Gasteiger partial charge in [-0.3, -0.25) is 4.90 Å². The van der Waals surface area contributed by atoms with Crippen molar-refractivity contribution in [1.29, 1.82) is 0 Å². The van der Waals surface area contributed by atoms with Crippen molar-refractivity contribution >= 4 is 0 Å². The van der Waals surface area contributed by atoms with Gasteiger partial charge in [0.15, 0.2) is 0 Å². The van der Waals surface area contributed by atoms with Crippen molar-refractivity contribution in [2.24, 2.45) is 5.92 Å². The SMILES string of the molecule is FC(F)(F)Cn1ccnc1CN1CCC[C@H]2CCC[C@H]21. The minimum atomic E-state index is -4.19. The predicted octanol–water partition coefficient (Wildman–Crippen LogP) is 3.21. The molecular formula is C14H20F3N3. The fraction of sp³-hybridized carbons (Fsp3) is 0.786. The number of fused-ring (bicyclic) bond motifs is 1. The van der Waals surface area contributed by atoms with Crippen LogP contribution in [0.4, 0.5) is 13.2 Å². The summed E-state index contributed by atoms with van der Waals surface area (Å²) in [6.07, 6.45) is 4.86. The average molecular weight is 287 g/mol. The van der Waals surface area contributed by atoms with Crippen LogP contribution in [0.5, 0.6) is 0 Å². The van der Waals surface area contributed by atoms with Crippen molar-refractivity contribution < 1.29 is 13.2 Å².